The average Bonchev–Trinajstić information content (AvgIpc) is 2.20. The van der Waals surface area contributed by atoms with Crippen LogP contribution in [0, 0.1) is 17.8 Å². The number of hydrogen-bond acceptors (Lipinski definition) is 4. The van der Waals surface area contributed by atoms with Crippen molar-refractivity contribution in [2.75, 3.05) is 13.2 Å². The smallest absolute Gasteiger partial charge is 0.319 e. The van der Waals surface area contributed by atoms with Crippen molar-refractivity contribution in [3.8, 4) is 0 Å². The summed E-state index contributed by atoms with van der Waals surface area (Å²) in [4.78, 5) is 22.5. The molecule has 18 heavy (non-hydrogen) atoms. The van der Waals surface area contributed by atoms with Crippen LogP contribution in [0.1, 0.15) is 34.6 Å². The molecule has 0 heterocycles. The summed E-state index contributed by atoms with van der Waals surface area (Å²) in [6, 6.07) is 0. The average molecular weight is 260 g/mol. The zero-order chi connectivity index (χ0) is 14.3. The molecule has 0 aromatic carbocycles. The number of ketones is 1. The summed E-state index contributed by atoms with van der Waals surface area (Å²) < 4.78 is 10.8. The molecule has 106 valence electrons. The fourth-order valence-electron chi connectivity index (χ4n) is 1.30. The van der Waals surface area contributed by atoms with Crippen LogP contribution in [0.25, 0.3) is 0 Å². The Labute approximate surface area is 108 Å². The number of carbonyl (C=O) groups excluding carboxylic acids is 1. The van der Waals surface area contributed by atoms with Gasteiger partial charge in [0.25, 0.3) is 0 Å². The summed E-state index contributed by atoms with van der Waals surface area (Å²) in [7, 11) is 0. The highest BCUT2D eigenvalue weighted by atomic mass is 16.7. The molecule has 0 saturated heterocycles. The van der Waals surface area contributed by atoms with Crippen LogP contribution in [0.3, 0.4) is 0 Å². The Hall–Kier alpha value is -0.940. The van der Waals surface area contributed by atoms with Crippen molar-refractivity contribution in [2.45, 2.75) is 40.9 Å². The minimum atomic E-state index is -1.26. The number of carboxylic acid groups (broad SMARTS) is 1. The molecule has 1 N–H and O–H groups in total. The van der Waals surface area contributed by atoms with Gasteiger partial charge in [-0.1, -0.05) is 27.7 Å². The molecule has 1 unspecified atom stereocenters. The van der Waals surface area contributed by atoms with E-state index in [0.717, 1.165) is 0 Å². The Morgan fingerprint density at radius 1 is 1.00 bits per heavy atom. The maximum absolute atomic E-state index is 11.4. The lowest BCUT2D eigenvalue weighted by molar-refractivity contribution is -0.195. The first kappa shape index (κ1) is 17.1. The Bertz CT molecular complexity index is 247. The van der Waals surface area contributed by atoms with Crippen molar-refractivity contribution >= 4 is 11.8 Å². The van der Waals surface area contributed by atoms with Crippen LogP contribution < -0.4 is 0 Å². The first-order valence-corrected chi connectivity index (χ1v) is 6.22. The molecule has 0 bridgehead atoms. The van der Waals surface area contributed by atoms with E-state index in [-0.39, 0.29) is 11.8 Å². The summed E-state index contributed by atoms with van der Waals surface area (Å²) in [5.74, 6) is -2.43. The second-order valence-corrected chi connectivity index (χ2v) is 5.25. The van der Waals surface area contributed by atoms with Gasteiger partial charge < -0.3 is 14.6 Å². The van der Waals surface area contributed by atoms with Gasteiger partial charge >= 0.3 is 5.97 Å². The van der Waals surface area contributed by atoms with E-state index in [9.17, 15) is 9.59 Å². The van der Waals surface area contributed by atoms with Gasteiger partial charge in [0, 0.05) is 0 Å². The molecular weight excluding hydrogens is 236 g/mol. The van der Waals surface area contributed by atoms with Crippen LogP contribution in [0.2, 0.25) is 0 Å². The van der Waals surface area contributed by atoms with Crippen LogP contribution in [0.15, 0.2) is 0 Å². The van der Waals surface area contributed by atoms with E-state index < -0.39 is 24.0 Å². The molecule has 5 nitrogen and oxygen atoms in total. The predicted molar refractivity (Wildman–Crippen MR) is 67.2 cm³/mol. The third-order valence-electron chi connectivity index (χ3n) is 2.16. The van der Waals surface area contributed by atoms with Gasteiger partial charge in [-0.25, -0.2) is 0 Å². The number of rotatable bonds is 9. The van der Waals surface area contributed by atoms with E-state index in [2.05, 4.69) is 0 Å². The zero-order valence-electron chi connectivity index (χ0n) is 11.8. The van der Waals surface area contributed by atoms with Crippen molar-refractivity contribution in [3.63, 3.8) is 0 Å². The van der Waals surface area contributed by atoms with Crippen molar-refractivity contribution < 1.29 is 24.2 Å². The predicted octanol–water partition coefficient (Wildman–Crippen LogP) is 1.95. The quantitative estimate of drug-likeness (QED) is 0.506. The van der Waals surface area contributed by atoms with E-state index in [1.54, 1.807) is 0 Å². The highest BCUT2D eigenvalue weighted by molar-refractivity contribution is 5.97. The lowest BCUT2D eigenvalue weighted by atomic mass is 10.1. The molecular formula is C13H24O5. The van der Waals surface area contributed by atoms with E-state index >= 15 is 0 Å². The molecule has 5 heteroatoms. The molecule has 0 rings (SSSR count). The molecule has 0 amide bonds. The lowest BCUT2D eigenvalue weighted by Crippen LogP contribution is -2.39. The standard InChI is InChI=1S/C13H24O5/c1-8(2)6-17-13(18-7-9(3)4)11(10(5)14)12(15)16/h8-9,11,13H,6-7H2,1-5H3,(H,15,16). The Morgan fingerprint density at radius 3 is 1.61 bits per heavy atom. The van der Waals surface area contributed by atoms with Crippen LogP contribution in [0.5, 0.6) is 0 Å². The third-order valence-corrected chi connectivity index (χ3v) is 2.16. The summed E-state index contributed by atoms with van der Waals surface area (Å²) in [6.45, 7) is 9.75. The topological polar surface area (TPSA) is 72.8 Å². The van der Waals surface area contributed by atoms with Crippen molar-refractivity contribution in [1.82, 2.24) is 0 Å². The van der Waals surface area contributed by atoms with Crippen LogP contribution in [-0.2, 0) is 19.1 Å². The first-order chi connectivity index (χ1) is 8.25. The van der Waals surface area contributed by atoms with E-state index in [1.165, 1.54) is 6.92 Å². The Morgan fingerprint density at radius 2 is 1.39 bits per heavy atom. The van der Waals surface area contributed by atoms with Gasteiger partial charge in [0.15, 0.2) is 12.2 Å². The molecule has 0 aliphatic heterocycles. The Balaban J connectivity index is 4.68. The maximum Gasteiger partial charge on any atom is 0.319 e. The lowest BCUT2D eigenvalue weighted by Gasteiger charge is -2.24. The highest BCUT2D eigenvalue weighted by Gasteiger charge is 2.34. The summed E-state index contributed by atoms with van der Waals surface area (Å²) in [6.07, 6.45) is -1.01. The van der Waals surface area contributed by atoms with E-state index in [4.69, 9.17) is 14.6 Å². The number of Topliss-reactive ketones (excluding diaryl/α,β-unsaturated/α-hetero) is 1. The normalized spacial score (nSPS) is 13.3. The molecule has 0 saturated carbocycles. The maximum atomic E-state index is 11.4. The number of carboxylic acids is 1. The van der Waals surface area contributed by atoms with Gasteiger partial charge in [0.05, 0.1) is 13.2 Å². The molecule has 0 aliphatic carbocycles. The van der Waals surface area contributed by atoms with Crippen LogP contribution in [-0.4, -0.2) is 36.4 Å². The third kappa shape index (κ3) is 6.71. The first-order valence-electron chi connectivity index (χ1n) is 6.22. The summed E-state index contributed by atoms with van der Waals surface area (Å²) >= 11 is 0. The van der Waals surface area contributed by atoms with Gasteiger partial charge in [0.1, 0.15) is 5.78 Å². The fraction of sp³-hybridized carbons (Fsp3) is 0.846. The summed E-state index contributed by atoms with van der Waals surface area (Å²) in [5, 5.41) is 9.06. The van der Waals surface area contributed by atoms with Gasteiger partial charge in [0.2, 0.25) is 0 Å². The van der Waals surface area contributed by atoms with Crippen LogP contribution >= 0.6 is 0 Å². The number of aliphatic carboxylic acids is 1. The summed E-state index contributed by atoms with van der Waals surface area (Å²) in [5.41, 5.74) is 0. The minimum absolute atomic E-state index is 0.247. The number of carbonyl (C=O) groups is 2. The van der Waals surface area contributed by atoms with Gasteiger partial charge in [-0.05, 0) is 18.8 Å². The van der Waals surface area contributed by atoms with E-state index in [1.807, 2.05) is 27.7 Å². The SMILES string of the molecule is CC(=O)C(C(=O)O)C(OCC(C)C)OCC(C)C. The minimum Gasteiger partial charge on any atom is -0.481 e. The molecule has 0 aromatic heterocycles. The zero-order valence-corrected chi connectivity index (χ0v) is 11.8. The highest BCUT2D eigenvalue weighted by Crippen LogP contribution is 2.14. The molecule has 0 spiro atoms. The largest absolute Gasteiger partial charge is 0.481 e. The van der Waals surface area contributed by atoms with Crippen molar-refractivity contribution in [2.24, 2.45) is 17.8 Å². The van der Waals surface area contributed by atoms with Crippen molar-refractivity contribution in [3.05, 3.63) is 0 Å². The monoisotopic (exact) mass is 260 g/mol. The second kappa shape index (κ2) is 8.21. The Kier molecular flexibility index (Phi) is 7.78. The van der Waals surface area contributed by atoms with Gasteiger partial charge in [-0.2, -0.15) is 0 Å². The molecule has 1 atom stereocenters. The molecule has 0 aromatic rings. The van der Waals surface area contributed by atoms with Crippen LogP contribution in [0.4, 0.5) is 0 Å². The van der Waals surface area contributed by atoms with Crippen molar-refractivity contribution in [1.29, 1.82) is 0 Å². The number of hydrogen-bond donors (Lipinski definition) is 1. The molecule has 0 aliphatic rings. The van der Waals surface area contributed by atoms with Gasteiger partial charge in [-0.3, -0.25) is 9.59 Å². The molecule has 0 fully saturated rings. The number of ether oxygens (including phenoxy) is 2. The molecule has 0 radical (unpaired) electrons. The second-order valence-electron chi connectivity index (χ2n) is 5.25. The fourth-order valence-corrected chi connectivity index (χ4v) is 1.30. The van der Waals surface area contributed by atoms with E-state index in [0.29, 0.717) is 13.2 Å². The van der Waals surface area contributed by atoms with Gasteiger partial charge in [-0.15, -0.1) is 0 Å².